The molecule has 0 amide bonds. The molecule has 21 heavy (non-hydrogen) atoms. The fraction of sp³-hybridized carbons (Fsp3) is 0.722. The van der Waals surface area contributed by atoms with E-state index < -0.39 is 0 Å². The van der Waals surface area contributed by atoms with E-state index in [2.05, 4.69) is 41.2 Å². The SMILES string of the molecule is CCC1(CC)CCN(c2ccnc(CNC3CC3)c2)CC1. The third kappa shape index (κ3) is 3.57. The third-order valence-corrected chi connectivity index (χ3v) is 5.64. The highest BCUT2D eigenvalue weighted by molar-refractivity contribution is 5.47. The fourth-order valence-corrected chi connectivity index (χ4v) is 3.49. The second-order valence-electron chi connectivity index (χ2n) is 6.85. The Balaban J connectivity index is 1.60. The molecule has 1 aliphatic heterocycles. The Morgan fingerprint density at radius 3 is 2.57 bits per heavy atom. The maximum absolute atomic E-state index is 4.51. The van der Waals surface area contributed by atoms with E-state index in [4.69, 9.17) is 0 Å². The van der Waals surface area contributed by atoms with Crippen molar-refractivity contribution < 1.29 is 0 Å². The number of anilines is 1. The lowest BCUT2D eigenvalue weighted by molar-refractivity contribution is 0.199. The largest absolute Gasteiger partial charge is 0.371 e. The molecule has 3 heteroatoms. The summed E-state index contributed by atoms with van der Waals surface area (Å²) in [4.78, 5) is 7.05. The summed E-state index contributed by atoms with van der Waals surface area (Å²) < 4.78 is 0. The molecule has 0 radical (unpaired) electrons. The maximum Gasteiger partial charge on any atom is 0.0562 e. The van der Waals surface area contributed by atoms with Gasteiger partial charge in [0.2, 0.25) is 0 Å². The molecule has 1 aromatic heterocycles. The van der Waals surface area contributed by atoms with Crippen molar-refractivity contribution in [2.24, 2.45) is 5.41 Å². The van der Waals surface area contributed by atoms with Crippen molar-refractivity contribution in [3.8, 4) is 0 Å². The van der Waals surface area contributed by atoms with E-state index in [-0.39, 0.29) is 0 Å². The Bertz CT molecular complexity index is 453. The van der Waals surface area contributed by atoms with Crippen LogP contribution in [-0.2, 0) is 6.54 Å². The summed E-state index contributed by atoms with van der Waals surface area (Å²) in [6.07, 6.45) is 9.95. The fourth-order valence-electron chi connectivity index (χ4n) is 3.49. The summed E-state index contributed by atoms with van der Waals surface area (Å²) in [5.74, 6) is 0. The van der Waals surface area contributed by atoms with Gasteiger partial charge in [0.25, 0.3) is 0 Å². The average Bonchev–Trinajstić information content (AvgIpc) is 3.38. The molecule has 3 rings (SSSR count). The van der Waals surface area contributed by atoms with Crippen molar-refractivity contribution >= 4 is 5.69 Å². The first-order valence-corrected chi connectivity index (χ1v) is 8.68. The first-order valence-electron chi connectivity index (χ1n) is 8.68. The zero-order chi connectivity index (χ0) is 14.7. The zero-order valence-electron chi connectivity index (χ0n) is 13.6. The molecule has 1 saturated heterocycles. The number of piperidine rings is 1. The second kappa shape index (κ2) is 6.35. The molecule has 1 saturated carbocycles. The lowest BCUT2D eigenvalue weighted by Crippen LogP contribution is -2.39. The number of nitrogens with zero attached hydrogens (tertiary/aromatic N) is 2. The molecule has 0 unspecified atom stereocenters. The lowest BCUT2D eigenvalue weighted by Gasteiger charge is -2.42. The van der Waals surface area contributed by atoms with Crippen molar-refractivity contribution in [1.82, 2.24) is 10.3 Å². The van der Waals surface area contributed by atoms with Crippen LogP contribution in [0.3, 0.4) is 0 Å². The molecule has 1 aromatic rings. The van der Waals surface area contributed by atoms with Crippen LogP contribution >= 0.6 is 0 Å². The van der Waals surface area contributed by atoms with Gasteiger partial charge in [-0.2, -0.15) is 0 Å². The number of rotatable bonds is 6. The van der Waals surface area contributed by atoms with Crippen LogP contribution in [0.1, 0.15) is 58.1 Å². The molecule has 0 aromatic carbocycles. The molecule has 0 spiro atoms. The predicted octanol–water partition coefficient (Wildman–Crippen LogP) is 3.74. The van der Waals surface area contributed by atoms with Gasteiger partial charge in [0.1, 0.15) is 0 Å². The maximum atomic E-state index is 4.51. The van der Waals surface area contributed by atoms with Crippen LogP contribution in [0.4, 0.5) is 5.69 Å². The van der Waals surface area contributed by atoms with Crippen molar-refractivity contribution in [2.75, 3.05) is 18.0 Å². The van der Waals surface area contributed by atoms with E-state index in [1.165, 1.54) is 63.0 Å². The van der Waals surface area contributed by atoms with Crippen molar-refractivity contribution in [2.45, 2.75) is 65.0 Å². The monoisotopic (exact) mass is 287 g/mol. The summed E-state index contributed by atoms with van der Waals surface area (Å²) in [6, 6.07) is 5.20. The molecule has 1 aliphatic carbocycles. The summed E-state index contributed by atoms with van der Waals surface area (Å²) in [5.41, 5.74) is 3.14. The summed E-state index contributed by atoms with van der Waals surface area (Å²) in [5, 5.41) is 3.55. The van der Waals surface area contributed by atoms with Crippen molar-refractivity contribution in [1.29, 1.82) is 0 Å². The highest BCUT2D eigenvalue weighted by atomic mass is 15.1. The first kappa shape index (κ1) is 14.8. The van der Waals surface area contributed by atoms with E-state index in [0.717, 1.165) is 12.6 Å². The van der Waals surface area contributed by atoms with Gasteiger partial charge in [0.05, 0.1) is 5.69 Å². The smallest absolute Gasteiger partial charge is 0.0562 e. The molecule has 0 atom stereocenters. The van der Waals surface area contributed by atoms with E-state index in [9.17, 15) is 0 Å². The molecule has 3 nitrogen and oxygen atoms in total. The minimum atomic E-state index is 0.597. The second-order valence-corrected chi connectivity index (χ2v) is 6.85. The van der Waals surface area contributed by atoms with Crippen LogP contribution < -0.4 is 10.2 Å². The Hall–Kier alpha value is -1.09. The van der Waals surface area contributed by atoms with Crippen LogP contribution in [-0.4, -0.2) is 24.1 Å². The minimum absolute atomic E-state index is 0.597. The van der Waals surface area contributed by atoms with Crippen LogP contribution in [0.2, 0.25) is 0 Å². The Morgan fingerprint density at radius 1 is 1.24 bits per heavy atom. The molecule has 2 heterocycles. The number of nitrogens with one attached hydrogen (secondary N) is 1. The molecule has 1 N–H and O–H groups in total. The van der Waals surface area contributed by atoms with Crippen LogP contribution in [0.5, 0.6) is 0 Å². The van der Waals surface area contributed by atoms with Gasteiger partial charge in [-0.1, -0.05) is 26.7 Å². The van der Waals surface area contributed by atoms with Crippen molar-refractivity contribution in [3.63, 3.8) is 0 Å². The number of hydrogen-bond acceptors (Lipinski definition) is 3. The van der Waals surface area contributed by atoms with E-state index in [1.807, 2.05) is 6.20 Å². The van der Waals surface area contributed by atoms with E-state index in [1.54, 1.807) is 0 Å². The van der Waals surface area contributed by atoms with Crippen LogP contribution in [0.25, 0.3) is 0 Å². The molecule has 0 bridgehead atoms. The Kier molecular flexibility index (Phi) is 4.48. The Labute approximate surface area is 129 Å². The van der Waals surface area contributed by atoms with Gasteiger partial charge in [0.15, 0.2) is 0 Å². The first-order chi connectivity index (χ1) is 10.2. The van der Waals surface area contributed by atoms with Crippen LogP contribution in [0, 0.1) is 5.41 Å². The Morgan fingerprint density at radius 2 is 1.95 bits per heavy atom. The van der Waals surface area contributed by atoms with Gasteiger partial charge < -0.3 is 10.2 Å². The predicted molar refractivity (Wildman–Crippen MR) is 88.6 cm³/mol. The number of aromatic nitrogens is 1. The molecule has 2 fully saturated rings. The summed E-state index contributed by atoms with van der Waals surface area (Å²) in [7, 11) is 0. The van der Waals surface area contributed by atoms with Gasteiger partial charge in [0, 0.05) is 37.6 Å². The van der Waals surface area contributed by atoms with Crippen LogP contribution in [0.15, 0.2) is 18.3 Å². The van der Waals surface area contributed by atoms with Gasteiger partial charge in [-0.25, -0.2) is 0 Å². The van der Waals surface area contributed by atoms with E-state index in [0.29, 0.717) is 5.41 Å². The highest BCUT2D eigenvalue weighted by Gasteiger charge is 2.31. The lowest BCUT2D eigenvalue weighted by atomic mass is 9.74. The van der Waals surface area contributed by atoms with Gasteiger partial charge in [-0.15, -0.1) is 0 Å². The van der Waals surface area contributed by atoms with Crippen molar-refractivity contribution in [3.05, 3.63) is 24.0 Å². The normalized spacial score (nSPS) is 21.5. The van der Waals surface area contributed by atoms with E-state index >= 15 is 0 Å². The molecule has 2 aliphatic rings. The van der Waals surface area contributed by atoms with Gasteiger partial charge in [-0.3, -0.25) is 4.98 Å². The minimum Gasteiger partial charge on any atom is -0.371 e. The zero-order valence-corrected chi connectivity index (χ0v) is 13.6. The third-order valence-electron chi connectivity index (χ3n) is 5.64. The standard InChI is InChI=1S/C18H29N3/c1-3-18(4-2)8-11-21(12-9-18)17-7-10-19-16(13-17)14-20-15-5-6-15/h7,10,13,15,20H,3-6,8-9,11-12,14H2,1-2H3. The summed E-state index contributed by atoms with van der Waals surface area (Å²) in [6.45, 7) is 8.02. The van der Waals surface area contributed by atoms with Gasteiger partial charge >= 0.3 is 0 Å². The summed E-state index contributed by atoms with van der Waals surface area (Å²) >= 11 is 0. The molecular weight excluding hydrogens is 258 g/mol. The highest BCUT2D eigenvalue weighted by Crippen LogP contribution is 2.39. The average molecular weight is 287 g/mol. The molecule has 116 valence electrons. The van der Waals surface area contributed by atoms with Gasteiger partial charge in [-0.05, 0) is 43.2 Å². The topological polar surface area (TPSA) is 28.2 Å². The number of hydrogen-bond donors (Lipinski definition) is 1. The number of pyridine rings is 1. The molecular formula is C18H29N3. The quantitative estimate of drug-likeness (QED) is 0.864.